The molecule has 1 atom stereocenters. The van der Waals surface area contributed by atoms with E-state index >= 15 is 0 Å². The molecule has 1 heterocycles. The fourth-order valence-corrected chi connectivity index (χ4v) is 2.39. The highest BCUT2D eigenvalue weighted by atomic mass is 127. The van der Waals surface area contributed by atoms with Crippen molar-refractivity contribution in [3.63, 3.8) is 0 Å². The standard InChI is InChI=1S/C18H28N6O.HI/c1-5-17-23-22-13-24(17)11-10-20-18(19-4)21-12-15(3)25-16-8-6-14(2)7-9-16;/h6-9,13,15H,5,10-12H2,1-4H3,(H2,19,20,21);1H. The second kappa shape index (κ2) is 11.7. The molecule has 0 spiro atoms. The molecule has 144 valence electrons. The summed E-state index contributed by atoms with van der Waals surface area (Å²) in [4.78, 5) is 4.24. The van der Waals surface area contributed by atoms with Crippen LogP contribution in [0.1, 0.15) is 25.2 Å². The van der Waals surface area contributed by atoms with E-state index in [0.29, 0.717) is 6.54 Å². The number of aromatic nitrogens is 3. The van der Waals surface area contributed by atoms with Crippen LogP contribution < -0.4 is 15.4 Å². The van der Waals surface area contributed by atoms with Gasteiger partial charge in [0.05, 0.1) is 6.54 Å². The van der Waals surface area contributed by atoms with Crippen molar-refractivity contribution in [1.82, 2.24) is 25.4 Å². The molecule has 0 radical (unpaired) electrons. The topological polar surface area (TPSA) is 76.4 Å². The Bertz CT molecular complexity index is 671. The van der Waals surface area contributed by atoms with Gasteiger partial charge in [0.25, 0.3) is 0 Å². The van der Waals surface area contributed by atoms with E-state index in [-0.39, 0.29) is 30.1 Å². The van der Waals surface area contributed by atoms with Crippen molar-refractivity contribution in [2.75, 3.05) is 20.1 Å². The SMILES string of the molecule is CCc1nncn1CCNC(=NC)NCC(C)Oc1ccc(C)cc1.I. The van der Waals surface area contributed by atoms with E-state index < -0.39 is 0 Å². The van der Waals surface area contributed by atoms with Gasteiger partial charge in [-0.05, 0) is 26.0 Å². The third kappa shape index (κ3) is 7.19. The van der Waals surface area contributed by atoms with Gasteiger partial charge in [0.15, 0.2) is 5.96 Å². The Morgan fingerprint density at radius 3 is 2.65 bits per heavy atom. The average Bonchev–Trinajstić information content (AvgIpc) is 3.07. The van der Waals surface area contributed by atoms with Gasteiger partial charge in [-0.3, -0.25) is 4.99 Å². The van der Waals surface area contributed by atoms with E-state index in [1.54, 1.807) is 13.4 Å². The zero-order valence-corrected chi connectivity index (χ0v) is 18.2. The van der Waals surface area contributed by atoms with Gasteiger partial charge in [-0.25, -0.2) is 0 Å². The smallest absolute Gasteiger partial charge is 0.191 e. The summed E-state index contributed by atoms with van der Waals surface area (Å²) in [5.41, 5.74) is 1.22. The van der Waals surface area contributed by atoms with Gasteiger partial charge in [-0.2, -0.15) is 0 Å². The monoisotopic (exact) mass is 472 g/mol. The van der Waals surface area contributed by atoms with E-state index in [4.69, 9.17) is 4.74 Å². The molecule has 0 aliphatic carbocycles. The summed E-state index contributed by atoms with van der Waals surface area (Å²) in [5.74, 6) is 2.62. The minimum absolute atomic E-state index is 0. The lowest BCUT2D eigenvalue weighted by atomic mass is 10.2. The fraction of sp³-hybridized carbons (Fsp3) is 0.500. The van der Waals surface area contributed by atoms with Crippen LogP contribution in [0.2, 0.25) is 0 Å². The van der Waals surface area contributed by atoms with Gasteiger partial charge < -0.3 is 19.9 Å². The largest absolute Gasteiger partial charge is 0.489 e. The van der Waals surface area contributed by atoms with Gasteiger partial charge in [0.1, 0.15) is 24.0 Å². The highest BCUT2D eigenvalue weighted by Crippen LogP contribution is 2.12. The summed E-state index contributed by atoms with van der Waals surface area (Å²) < 4.78 is 7.94. The Morgan fingerprint density at radius 1 is 1.27 bits per heavy atom. The molecule has 2 rings (SSSR count). The predicted octanol–water partition coefficient (Wildman–Crippen LogP) is 2.40. The Kier molecular flexibility index (Phi) is 10.0. The molecule has 2 N–H and O–H groups in total. The first-order chi connectivity index (χ1) is 12.1. The molecule has 1 aromatic carbocycles. The number of aliphatic imine (C=N–C) groups is 1. The lowest BCUT2D eigenvalue weighted by Gasteiger charge is -2.18. The van der Waals surface area contributed by atoms with Gasteiger partial charge in [0.2, 0.25) is 0 Å². The Morgan fingerprint density at radius 2 is 2.00 bits per heavy atom. The molecule has 0 bridgehead atoms. The number of nitrogens with zero attached hydrogens (tertiary/aromatic N) is 4. The van der Waals surface area contributed by atoms with E-state index in [1.165, 1.54) is 5.56 Å². The summed E-state index contributed by atoms with van der Waals surface area (Å²) >= 11 is 0. The molecular weight excluding hydrogens is 443 g/mol. The number of aryl methyl sites for hydroxylation is 2. The van der Waals surface area contributed by atoms with Crippen molar-refractivity contribution in [2.24, 2.45) is 4.99 Å². The quantitative estimate of drug-likeness (QED) is 0.351. The van der Waals surface area contributed by atoms with Crippen LogP contribution in [-0.2, 0) is 13.0 Å². The third-order valence-corrected chi connectivity index (χ3v) is 3.80. The molecule has 2 aromatic rings. The van der Waals surface area contributed by atoms with Gasteiger partial charge in [-0.1, -0.05) is 24.6 Å². The Labute approximate surface area is 172 Å². The maximum Gasteiger partial charge on any atom is 0.191 e. The number of guanidine groups is 1. The van der Waals surface area contributed by atoms with Crippen molar-refractivity contribution >= 4 is 29.9 Å². The molecule has 0 amide bonds. The lowest BCUT2D eigenvalue weighted by molar-refractivity contribution is 0.224. The normalized spacial score (nSPS) is 12.2. The van der Waals surface area contributed by atoms with Crippen molar-refractivity contribution < 1.29 is 4.74 Å². The van der Waals surface area contributed by atoms with Gasteiger partial charge in [-0.15, -0.1) is 34.2 Å². The molecule has 8 heteroatoms. The lowest BCUT2D eigenvalue weighted by Crippen LogP contribution is -2.42. The number of benzene rings is 1. The maximum atomic E-state index is 5.89. The number of hydrogen-bond donors (Lipinski definition) is 2. The summed E-state index contributed by atoms with van der Waals surface area (Å²) in [6.07, 6.45) is 2.67. The van der Waals surface area contributed by atoms with Gasteiger partial charge >= 0.3 is 0 Å². The van der Waals surface area contributed by atoms with Crippen molar-refractivity contribution in [3.8, 4) is 5.75 Å². The minimum atomic E-state index is 0. The van der Waals surface area contributed by atoms with Crippen LogP contribution >= 0.6 is 24.0 Å². The Balaban J connectivity index is 0.00000338. The molecule has 0 aliphatic rings. The first-order valence-electron chi connectivity index (χ1n) is 8.67. The van der Waals surface area contributed by atoms with Crippen LogP contribution in [0.15, 0.2) is 35.6 Å². The minimum Gasteiger partial charge on any atom is -0.489 e. The number of ether oxygens (including phenoxy) is 1. The summed E-state index contributed by atoms with van der Waals surface area (Å²) in [7, 11) is 1.76. The summed E-state index contributed by atoms with van der Waals surface area (Å²) in [6, 6.07) is 8.07. The summed E-state index contributed by atoms with van der Waals surface area (Å²) in [6.45, 7) is 8.38. The highest BCUT2D eigenvalue weighted by molar-refractivity contribution is 14.0. The molecule has 7 nitrogen and oxygen atoms in total. The van der Waals surface area contributed by atoms with Crippen molar-refractivity contribution in [3.05, 3.63) is 42.0 Å². The van der Waals surface area contributed by atoms with E-state index in [1.807, 2.05) is 35.8 Å². The van der Waals surface area contributed by atoms with Crippen LogP contribution in [-0.4, -0.2) is 47.0 Å². The predicted molar refractivity (Wildman–Crippen MR) is 115 cm³/mol. The number of halogens is 1. The molecule has 1 aromatic heterocycles. The highest BCUT2D eigenvalue weighted by Gasteiger charge is 2.06. The first-order valence-corrected chi connectivity index (χ1v) is 8.67. The molecule has 0 fully saturated rings. The summed E-state index contributed by atoms with van der Waals surface area (Å²) in [5, 5.41) is 14.6. The molecule has 26 heavy (non-hydrogen) atoms. The van der Waals surface area contributed by atoms with Crippen molar-refractivity contribution in [2.45, 2.75) is 39.8 Å². The first kappa shape index (κ1) is 22.2. The fourth-order valence-electron chi connectivity index (χ4n) is 2.39. The molecule has 0 aliphatic heterocycles. The maximum absolute atomic E-state index is 5.89. The average molecular weight is 472 g/mol. The molecular formula is C18H29IN6O. The van der Waals surface area contributed by atoms with Crippen LogP contribution in [0.3, 0.4) is 0 Å². The number of rotatable bonds is 8. The zero-order chi connectivity index (χ0) is 18.1. The van der Waals surface area contributed by atoms with Crippen LogP contribution in [0.25, 0.3) is 0 Å². The second-order valence-corrected chi connectivity index (χ2v) is 5.92. The zero-order valence-electron chi connectivity index (χ0n) is 15.9. The molecule has 0 saturated heterocycles. The van der Waals surface area contributed by atoms with E-state index in [2.05, 4.69) is 39.7 Å². The van der Waals surface area contributed by atoms with E-state index in [0.717, 1.165) is 37.0 Å². The van der Waals surface area contributed by atoms with Crippen molar-refractivity contribution in [1.29, 1.82) is 0 Å². The number of nitrogens with one attached hydrogen (secondary N) is 2. The van der Waals surface area contributed by atoms with Crippen LogP contribution in [0.5, 0.6) is 5.75 Å². The molecule has 1 unspecified atom stereocenters. The second-order valence-electron chi connectivity index (χ2n) is 5.92. The van der Waals surface area contributed by atoms with E-state index in [9.17, 15) is 0 Å². The van der Waals surface area contributed by atoms with Gasteiger partial charge in [0, 0.05) is 26.6 Å². The third-order valence-electron chi connectivity index (χ3n) is 3.80. The molecule has 0 saturated carbocycles. The van der Waals surface area contributed by atoms with Crippen LogP contribution in [0, 0.1) is 6.92 Å². The number of hydrogen-bond acceptors (Lipinski definition) is 4. The Hall–Kier alpha value is -1.84. The van der Waals surface area contributed by atoms with Crippen LogP contribution in [0.4, 0.5) is 0 Å².